The number of rotatable bonds is 5. The van der Waals surface area contributed by atoms with Crippen LogP contribution in [-0.4, -0.2) is 35.0 Å². The molecule has 0 radical (unpaired) electrons. The number of aliphatic carboxylic acids is 1. The lowest BCUT2D eigenvalue weighted by Crippen LogP contribution is -2.32. The Kier molecular flexibility index (Phi) is 4.81. The third-order valence-electron chi connectivity index (χ3n) is 5.13. The number of hydrogen-bond acceptors (Lipinski definition) is 3. The molecule has 22 heavy (non-hydrogen) atoms. The van der Waals surface area contributed by atoms with E-state index in [-0.39, 0.29) is 12.3 Å². The molecule has 2 fully saturated rings. The lowest BCUT2D eigenvalue weighted by molar-refractivity contribution is -0.145. The summed E-state index contributed by atoms with van der Waals surface area (Å²) in [5, 5.41) is 11.3. The molecule has 5 heteroatoms. The van der Waals surface area contributed by atoms with Crippen molar-refractivity contribution in [1.82, 2.24) is 4.90 Å². The van der Waals surface area contributed by atoms with Crippen LogP contribution in [0.25, 0.3) is 0 Å². The number of nitrogens with zero attached hydrogens (tertiary/aromatic N) is 1. The first kappa shape index (κ1) is 15.5. The predicted molar refractivity (Wildman–Crippen MR) is 85.8 cm³/mol. The van der Waals surface area contributed by atoms with Crippen molar-refractivity contribution in [2.45, 2.75) is 38.5 Å². The topological polar surface area (TPSA) is 57.6 Å². The smallest absolute Gasteiger partial charge is 0.307 e. The van der Waals surface area contributed by atoms with Crippen LogP contribution in [0.5, 0.6) is 0 Å². The molecule has 0 spiro atoms. The van der Waals surface area contributed by atoms with Gasteiger partial charge in [-0.3, -0.25) is 9.59 Å². The number of carbonyl (C=O) groups is 2. The summed E-state index contributed by atoms with van der Waals surface area (Å²) in [6.07, 6.45) is 5.60. The van der Waals surface area contributed by atoms with E-state index in [4.69, 9.17) is 0 Å². The lowest BCUT2D eigenvalue weighted by atomic mass is 9.82. The van der Waals surface area contributed by atoms with E-state index in [2.05, 4.69) is 0 Å². The van der Waals surface area contributed by atoms with Crippen LogP contribution in [0.2, 0.25) is 0 Å². The highest BCUT2D eigenvalue weighted by Crippen LogP contribution is 2.36. The second-order valence-electron chi connectivity index (χ2n) is 6.63. The van der Waals surface area contributed by atoms with Crippen molar-refractivity contribution in [3.05, 3.63) is 22.4 Å². The Bertz CT molecular complexity index is 514. The van der Waals surface area contributed by atoms with Crippen molar-refractivity contribution < 1.29 is 14.7 Å². The molecular weight excluding hydrogens is 298 g/mol. The van der Waals surface area contributed by atoms with Crippen molar-refractivity contribution >= 4 is 23.2 Å². The predicted octanol–water partition coefficient (Wildman–Crippen LogP) is 3.03. The fourth-order valence-electron chi connectivity index (χ4n) is 3.87. The maximum absolute atomic E-state index is 12.5. The highest BCUT2D eigenvalue weighted by atomic mass is 32.1. The molecule has 3 unspecified atom stereocenters. The quantitative estimate of drug-likeness (QED) is 0.907. The Balaban J connectivity index is 1.58. The largest absolute Gasteiger partial charge is 0.481 e. The molecule has 3 atom stereocenters. The van der Waals surface area contributed by atoms with Crippen LogP contribution in [0.15, 0.2) is 17.5 Å². The average molecular weight is 321 g/mol. The maximum atomic E-state index is 12.5. The Morgan fingerprint density at radius 1 is 1.27 bits per heavy atom. The van der Waals surface area contributed by atoms with Crippen LogP contribution >= 0.6 is 11.3 Å². The highest BCUT2D eigenvalue weighted by Gasteiger charge is 2.37. The average Bonchev–Trinajstić information content (AvgIpc) is 3.15. The number of carbonyl (C=O) groups excluding carboxylic acids is 1. The lowest BCUT2D eigenvalue weighted by Gasteiger charge is -2.22. The molecule has 1 aromatic rings. The molecule has 1 aromatic heterocycles. The monoisotopic (exact) mass is 321 g/mol. The van der Waals surface area contributed by atoms with Crippen LogP contribution in [0.3, 0.4) is 0 Å². The van der Waals surface area contributed by atoms with Gasteiger partial charge >= 0.3 is 5.97 Å². The zero-order valence-electron chi connectivity index (χ0n) is 12.7. The molecule has 120 valence electrons. The number of hydrogen-bond donors (Lipinski definition) is 1. The minimum atomic E-state index is -0.863. The van der Waals surface area contributed by atoms with Gasteiger partial charge in [-0.05, 0) is 42.5 Å². The highest BCUT2D eigenvalue weighted by molar-refractivity contribution is 7.09. The van der Waals surface area contributed by atoms with Crippen molar-refractivity contribution in [3.63, 3.8) is 0 Å². The SMILES string of the molecule is O=C(O)C(CC(=O)N1CC2CCCCC2C1)Cc1cccs1. The van der Waals surface area contributed by atoms with Gasteiger partial charge in [-0.2, -0.15) is 0 Å². The van der Waals surface area contributed by atoms with Crippen molar-refractivity contribution in [2.24, 2.45) is 17.8 Å². The van der Waals surface area contributed by atoms with Crippen LogP contribution in [0.1, 0.15) is 37.0 Å². The molecular formula is C17H23NO3S. The molecule has 1 aliphatic heterocycles. The standard InChI is InChI=1S/C17H23NO3S/c19-16(18-10-12-4-1-2-5-13(12)11-18)9-14(17(20)21)8-15-6-3-7-22-15/h3,6-7,12-14H,1-2,4-5,8-11H2,(H,20,21). The van der Waals surface area contributed by atoms with Crippen LogP contribution in [-0.2, 0) is 16.0 Å². The fourth-order valence-corrected chi connectivity index (χ4v) is 4.65. The Morgan fingerprint density at radius 3 is 2.50 bits per heavy atom. The van der Waals surface area contributed by atoms with Gasteiger partial charge < -0.3 is 10.0 Å². The van der Waals surface area contributed by atoms with Gasteiger partial charge in [0.05, 0.1) is 5.92 Å². The van der Waals surface area contributed by atoms with Crippen LogP contribution in [0, 0.1) is 17.8 Å². The summed E-state index contributed by atoms with van der Waals surface area (Å²) < 4.78 is 0. The maximum Gasteiger partial charge on any atom is 0.307 e. The first-order valence-electron chi connectivity index (χ1n) is 8.16. The van der Waals surface area contributed by atoms with E-state index in [0.717, 1.165) is 18.0 Å². The summed E-state index contributed by atoms with van der Waals surface area (Å²) in [6, 6.07) is 3.86. The first-order chi connectivity index (χ1) is 10.6. The summed E-state index contributed by atoms with van der Waals surface area (Å²) in [4.78, 5) is 26.9. The van der Waals surface area contributed by atoms with Gasteiger partial charge in [-0.25, -0.2) is 0 Å². The molecule has 1 saturated heterocycles. The Labute approximate surface area is 135 Å². The van der Waals surface area contributed by atoms with Gasteiger partial charge in [0, 0.05) is 24.4 Å². The van der Waals surface area contributed by atoms with Crippen LogP contribution in [0.4, 0.5) is 0 Å². The van der Waals surface area contributed by atoms with Crippen LogP contribution < -0.4 is 0 Å². The van der Waals surface area contributed by atoms with Crippen molar-refractivity contribution in [3.8, 4) is 0 Å². The number of carboxylic acid groups (broad SMARTS) is 1. The van der Waals surface area contributed by atoms with Gasteiger partial charge in [0.1, 0.15) is 0 Å². The van der Waals surface area contributed by atoms with E-state index in [0.29, 0.717) is 18.3 Å². The summed E-state index contributed by atoms with van der Waals surface area (Å²) in [6.45, 7) is 1.68. The zero-order chi connectivity index (χ0) is 15.5. The summed E-state index contributed by atoms with van der Waals surface area (Å²) in [5.41, 5.74) is 0. The van der Waals surface area contributed by atoms with Gasteiger partial charge in [-0.1, -0.05) is 18.9 Å². The molecule has 1 N–H and O–H groups in total. The molecule has 1 aliphatic carbocycles. The van der Waals surface area contributed by atoms with Gasteiger partial charge in [-0.15, -0.1) is 11.3 Å². The molecule has 0 aromatic carbocycles. The van der Waals surface area contributed by atoms with Crippen molar-refractivity contribution in [2.75, 3.05) is 13.1 Å². The molecule has 4 nitrogen and oxygen atoms in total. The minimum absolute atomic E-state index is 0.0263. The van der Waals surface area contributed by atoms with Crippen molar-refractivity contribution in [1.29, 1.82) is 0 Å². The van der Waals surface area contributed by atoms with Gasteiger partial charge in [0.15, 0.2) is 0 Å². The normalized spacial score (nSPS) is 25.7. The zero-order valence-corrected chi connectivity index (χ0v) is 13.6. The third-order valence-corrected chi connectivity index (χ3v) is 6.03. The van der Waals surface area contributed by atoms with E-state index in [9.17, 15) is 14.7 Å². The summed E-state index contributed by atoms with van der Waals surface area (Å²) in [7, 11) is 0. The number of amides is 1. The van der Waals surface area contributed by atoms with Gasteiger partial charge in [0.25, 0.3) is 0 Å². The van der Waals surface area contributed by atoms with E-state index in [1.54, 1.807) is 11.3 Å². The number of thiophene rings is 1. The third kappa shape index (κ3) is 3.51. The number of fused-ring (bicyclic) bond motifs is 1. The minimum Gasteiger partial charge on any atom is -0.481 e. The van der Waals surface area contributed by atoms with E-state index in [1.807, 2.05) is 22.4 Å². The second kappa shape index (κ2) is 6.82. The molecule has 1 amide bonds. The Hall–Kier alpha value is -1.36. The molecule has 0 bridgehead atoms. The Morgan fingerprint density at radius 2 is 1.95 bits per heavy atom. The fraction of sp³-hybridized carbons (Fsp3) is 0.647. The second-order valence-corrected chi connectivity index (χ2v) is 7.66. The van der Waals surface area contributed by atoms with E-state index in [1.165, 1.54) is 25.7 Å². The summed E-state index contributed by atoms with van der Waals surface area (Å²) >= 11 is 1.56. The first-order valence-corrected chi connectivity index (χ1v) is 9.04. The molecule has 1 saturated carbocycles. The molecule has 2 heterocycles. The summed E-state index contributed by atoms with van der Waals surface area (Å²) in [5.74, 6) is -0.137. The molecule has 2 aliphatic rings. The molecule has 3 rings (SSSR count). The number of carboxylic acids is 1. The van der Waals surface area contributed by atoms with E-state index >= 15 is 0 Å². The number of likely N-dealkylation sites (tertiary alicyclic amines) is 1. The van der Waals surface area contributed by atoms with Gasteiger partial charge in [0.2, 0.25) is 5.91 Å². The van der Waals surface area contributed by atoms with E-state index < -0.39 is 11.9 Å².